The lowest BCUT2D eigenvalue weighted by Gasteiger charge is -2.20. The normalized spacial score (nSPS) is 14.1. The third-order valence-electron chi connectivity index (χ3n) is 7.03. The smallest absolute Gasteiger partial charge is 0.343 e. The van der Waals surface area contributed by atoms with Gasteiger partial charge in [-0.1, -0.05) is 41.9 Å². The summed E-state index contributed by atoms with van der Waals surface area (Å²) in [6.07, 6.45) is -0.163. The molecule has 11 nitrogen and oxygen atoms in total. The number of anilines is 1. The molecule has 1 aliphatic rings. The number of hydrogen-bond acceptors (Lipinski definition) is 9. The Hall–Kier alpha value is -5.68. The quantitative estimate of drug-likeness (QED) is 0.0733. The lowest BCUT2D eigenvalue weighted by Crippen LogP contribution is -2.28. The molecule has 0 N–H and O–H groups in total. The summed E-state index contributed by atoms with van der Waals surface area (Å²) in [5, 5.41) is 11.1. The molecule has 4 aromatic carbocycles. The summed E-state index contributed by atoms with van der Waals surface area (Å²) in [7, 11) is 0. The van der Waals surface area contributed by atoms with E-state index in [2.05, 4.69) is 0 Å². The van der Waals surface area contributed by atoms with Gasteiger partial charge < -0.3 is 14.4 Å². The van der Waals surface area contributed by atoms with Gasteiger partial charge in [0, 0.05) is 46.8 Å². The Kier molecular flexibility index (Phi) is 9.10. The molecular formula is C33H23ClN2O9. The highest BCUT2D eigenvalue weighted by Gasteiger charge is 2.38. The largest absolute Gasteiger partial charge is 0.457 e. The number of Topliss-reactive ketones (excluding diaryl/α,β-unsaturated/α-hetero) is 1. The van der Waals surface area contributed by atoms with Crippen molar-refractivity contribution in [2.45, 2.75) is 6.42 Å². The number of nitro groups is 1. The molecule has 1 aliphatic heterocycles. The van der Waals surface area contributed by atoms with Gasteiger partial charge in [-0.05, 0) is 54.6 Å². The van der Waals surface area contributed by atoms with Crippen LogP contribution in [0.5, 0.6) is 5.75 Å². The molecule has 0 unspecified atom stereocenters. The van der Waals surface area contributed by atoms with E-state index in [1.54, 1.807) is 42.5 Å². The topological polar surface area (TPSA) is 150 Å². The van der Waals surface area contributed by atoms with Crippen molar-refractivity contribution in [3.05, 3.63) is 134 Å². The van der Waals surface area contributed by atoms with Crippen molar-refractivity contribution in [2.24, 2.45) is 5.92 Å². The van der Waals surface area contributed by atoms with Gasteiger partial charge in [0.2, 0.25) is 5.91 Å². The Morgan fingerprint density at radius 2 is 1.53 bits per heavy atom. The summed E-state index contributed by atoms with van der Waals surface area (Å²) in [6.45, 7) is -0.623. The van der Waals surface area contributed by atoms with Gasteiger partial charge >= 0.3 is 11.9 Å². The van der Waals surface area contributed by atoms with Gasteiger partial charge in [0.05, 0.1) is 22.1 Å². The van der Waals surface area contributed by atoms with Crippen LogP contribution in [0.4, 0.5) is 11.4 Å². The number of hydrogen-bond donors (Lipinski definition) is 0. The number of nitro benzene ring substituents is 1. The molecule has 0 spiro atoms. The molecule has 0 saturated carbocycles. The number of amides is 1. The number of rotatable bonds is 10. The van der Waals surface area contributed by atoms with Crippen molar-refractivity contribution in [2.75, 3.05) is 18.1 Å². The summed E-state index contributed by atoms with van der Waals surface area (Å²) < 4.78 is 10.5. The second-order valence-electron chi connectivity index (χ2n) is 10.0. The standard InChI is InChI=1S/C33H23ClN2O9/c34-24-10-15-28(27(17-24)31(39)21-4-2-1-3-5-21)35-18-23(16-30(35)38)32(40)44-19-29(37)20-8-13-26(14-9-20)45-33(41)22-6-11-25(12-7-22)36(42)43/h1-15,17,23H,16,18-19H2/t23-/m1/s1. The van der Waals surface area contributed by atoms with Crippen molar-refractivity contribution in [1.82, 2.24) is 0 Å². The lowest BCUT2D eigenvalue weighted by molar-refractivity contribution is -0.384. The van der Waals surface area contributed by atoms with Crippen LogP contribution in [0.15, 0.2) is 97.1 Å². The number of esters is 2. The van der Waals surface area contributed by atoms with Crippen molar-refractivity contribution < 1.29 is 38.4 Å². The number of halogens is 1. The van der Waals surface area contributed by atoms with Crippen LogP contribution in [-0.2, 0) is 14.3 Å². The van der Waals surface area contributed by atoms with Crippen LogP contribution in [0.3, 0.4) is 0 Å². The minimum Gasteiger partial charge on any atom is -0.457 e. The maximum Gasteiger partial charge on any atom is 0.343 e. The fourth-order valence-electron chi connectivity index (χ4n) is 4.70. The molecule has 226 valence electrons. The third kappa shape index (κ3) is 7.11. The van der Waals surface area contributed by atoms with Gasteiger partial charge in [0.1, 0.15) is 5.75 Å². The van der Waals surface area contributed by atoms with E-state index in [-0.39, 0.29) is 52.8 Å². The third-order valence-corrected chi connectivity index (χ3v) is 7.27. The molecule has 1 saturated heterocycles. The molecule has 0 radical (unpaired) electrons. The highest BCUT2D eigenvalue weighted by Crippen LogP contribution is 2.32. The molecule has 1 amide bonds. The monoisotopic (exact) mass is 626 g/mol. The first kappa shape index (κ1) is 30.8. The van der Waals surface area contributed by atoms with E-state index in [0.29, 0.717) is 16.3 Å². The number of carbonyl (C=O) groups excluding carboxylic acids is 5. The fraction of sp³-hybridized carbons (Fsp3) is 0.121. The van der Waals surface area contributed by atoms with E-state index in [1.807, 2.05) is 0 Å². The van der Waals surface area contributed by atoms with Crippen molar-refractivity contribution in [3.8, 4) is 5.75 Å². The average molecular weight is 627 g/mol. The van der Waals surface area contributed by atoms with E-state index in [1.165, 1.54) is 59.5 Å². The zero-order valence-corrected chi connectivity index (χ0v) is 24.1. The minimum atomic E-state index is -0.859. The lowest BCUT2D eigenvalue weighted by atomic mass is 10.0. The zero-order chi connectivity index (χ0) is 32.1. The Labute approximate surface area is 261 Å². The van der Waals surface area contributed by atoms with Gasteiger partial charge in [-0.15, -0.1) is 0 Å². The molecule has 1 heterocycles. The first-order valence-corrected chi connectivity index (χ1v) is 13.9. The average Bonchev–Trinajstić information content (AvgIpc) is 3.45. The summed E-state index contributed by atoms with van der Waals surface area (Å²) in [4.78, 5) is 75.5. The first-order chi connectivity index (χ1) is 21.6. The number of ketones is 2. The molecule has 4 aromatic rings. The van der Waals surface area contributed by atoms with Gasteiger partial charge in [-0.2, -0.15) is 0 Å². The SMILES string of the molecule is O=C(COC(=O)[C@@H]1CC(=O)N(c2ccc(Cl)cc2C(=O)c2ccccc2)C1)c1ccc(OC(=O)c2ccc([N+](=O)[O-])cc2)cc1. The van der Waals surface area contributed by atoms with Crippen LogP contribution in [0.25, 0.3) is 0 Å². The Morgan fingerprint density at radius 3 is 2.20 bits per heavy atom. The second-order valence-corrected chi connectivity index (χ2v) is 10.4. The maximum atomic E-state index is 13.2. The predicted molar refractivity (Wildman–Crippen MR) is 162 cm³/mol. The predicted octanol–water partition coefficient (Wildman–Crippen LogP) is 5.48. The fourth-order valence-corrected chi connectivity index (χ4v) is 4.87. The number of carbonyl (C=O) groups is 5. The van der Waals surface area contributed by atoms with Gasteiger partial charge in [-0.3, -0.25) is 29.3 Å². The molecule has 0 bridgehead atoms. The molecule has 1 atom stereocenters. The van der Waals surface area contributed by atoms with Gasteiger partial charge in [-0.25, -0.2) is 4.79 Å². The molecule has 5 rings (SSSR count). The van der Waals surface area contributed by atoms with Crippen molar-refractivity contribution in [3.63, 3.8) is 0 Å². The number of nitrogens with zero attached hydrogens (tertiary/aromatic N) is 2. The van der Waals surface area contributed by atoms with E-state index < -0.39 is 35.2 Å². The van der Waals surface area contributed by atoms with Crippen LogP contribution in [0.1, 0.15) is 43.1 Å². The molecule has 0 aromatic heterocycles. The summed E-state index contributed by atoms with van der Waals surface area (Å²) in [6, 6.07) is 23.5. The first-order valence-electron chi connectivity index (χ1n) is 13.6. The number of non-ortho nitro benzene ring substituents is 1. The van der Waals surface area contributed by atoms with Crippen LogP contribution < -0.4 is 9.64 Å². The molecule has 12 heteroatoms. The van der Waals surface area contributed by atoms with E-state index in [9.17, 15) is 34.1 Å². The summed E-state index contributed by atoms with van der Waals surface area (Å²) in [5.74, 6) is -3.45. The number of ether oxygens (including phenoxy) is 2. The van der Waals surface area contributed by atoms with Gasteiger partial charge in [0.15, 0.2) is 18.2 Å². The van der Waals surface area contributed by atoms with Crippen LogP contribution in [0, 0.1) is 16.0 Å². The minimum absolute atomic E-state index is 0.0443. The molecule has 1 fully saturated rings. The summed E-state index contributed by atoms with van der Waals surface area (Å²) >= 11 is 6.16. The second kappa shape index (κ2) is 13.3. The van der Waals surface area contributed by atoms with E-state index in [4.69, 9.17) is 21.1 Å². The number of benzene rings is 4. The van der Waals surface area contributed by atoms with Crippen LogP contribution >= 0.6 is 11.6 Å². The van der Waals surface area contributed by atoms with Crippen molar-refractivity contribution in [1.29, 1.82) is 0 Å². The Balaban J connectivity index is 1.17. The zero-order valence-electron chi connectivity index (χ0n) is 23.4. The summed E-state index contributed by atoms with van der Waals surface area (Å²) in [5.41, 5.74) is 1.07. The molecular weight excluding hydrogens is 604 g/mol. The van der Waals surface area contributed by atoms with E-state index >= 15 is 0 Å². The highest BCUT2D eigenvalue weighted by atomic mass is 35.5. The van der Waals surface area contributed by atoms with Gasteiger partial charge in [0.25, 0.3) is 5.69 Å². The molecule has 45 heavy (non-hydrogen) atoms. The highest BCUT2D eigenvalue weighted by molar-refractivity contribution is 6.31. The van der Waals surface area contributed by atoms with Crippen LogP contribution in [-0.4, -0.2) is 47.5 Å². The van der Waals surface area contributed by atoms with Crippen molar-refractivity contribution >= 4 is 52.4 Å². The maximum absolute atomic E-state index is 13.2. The Morgan fingerprint density at radius 1 is 0.867 bits per heavy atom. The molecule has 0 aliphatic carbocycles. The van der Waals surface area contributed by atoms with Crippen LogP contribution in [0.2, 0.25) is 5.02 Å². The Bertz CT molecular complexity index is 1810. The van der Waals surface area contributed by atoms with E-state index in [0.717, 1.165) is 0 Å².